The Morgan fingerprint density at radius 1 is 1.25 bits per heavy atom. The maximum Gasteiger partial charge on any atom is 0.264 e. The van der Waals surface area contributed by atoms with E-state index in [0.29, 0.717) is 17.5 Å². The van der Waals surface area contributed by atoms with Crippen LogP contribution in [0.2, 0.25) is 0 Å². The molecule has 1 aromatic carbocycles. The van der Waals surface area contributed by atoms with Crippen molar-refractivity contribution in [1.29, 1.82) is 0 Å². The van der Waals surface area contributed by atoms with Gasteiger partial charge in [-0.3, -0.25) is 0 Å². The fraction of sp³-hybridized carbons (Fsp3) is 0.333. The van der Waals surface area contributed by atoms with E-state index >= 15 is 0 Å². The summed E-state index contributed by atoms with van der Waals surface area (Å²) in [5, 5.41) is 3.84. The zero-order chi connectivity index (χ0) is 14.9. The standard InChI is InChI=1S/C12H12Br3N3O2/c1-12(2,16)11-17-9(20-18-11)5-19-10-7(14)3-6(13)4-8(10)15/h3-4H,5,16H2,1-2H3. The van der Waals surface area contributed by atoms with Gasteiger partial charge < -0.3 is 15.0 Å². The molecule has 0 spiro atoms. The van der Waals surface area contributed by atoms with Crippen LogP contribution in [0, 0.1) is 0 Å². The average Bonchev–Trinajstić information content (AvgIpc) is 2.75. The number of aromatic nitrogens is 2. The molecular weight excluding hydrogens is 458 g/mol. The molecule has 1 aromatic heterocycles. The maximum atomic E-state index is 5.90. The Bertz CT molecular complexity index is 600. The number of hydrogen-bond donors (Lipinski definition) is 1. The molecule has 0 bridgehead atoms. The van der Waals surface area contributed by atoms with Crippen molar-refractivity contribution in [2.45, 2.75) is 26.0 Å². The summed E-state index contributed by atoms with van der Waals surface area (Å²) in [5.74, 6) is 1.49. The van der Waals surface area contributed by atoms with Crippen LogP contribution in [0.15, 0.2) is 30.1 Å². The third-order valence-electron chi connectivity index (χ3n) is 2.35. The first-order valence-electron chi connectivity index (χ1n) is 5.66. The van der Waals surface area contributed by atoms with Crippen LogP contribution in [0.5, 0.6) is 5.75 Å². The monoisotopic (exact) mass is 467 g/mol. The van der Waals surface area contributed by atoms with Gasteiger partial charge in [0.15, 0.2) is 12.4 Å². The van der Waals surface area contributed by atoms with Crippen LogP contribution in [0.4, 0.5) is 0 Å². The van der Waals surface area contributed by atoms with E-state index in [4.69, 9.17) is 15.0 Å². The molecule has 108 valence electrons. The molecular formula is C12H12Br3N3O2. The van der Waals surface area contributed by atoms with E-state index < -0.39 is 5.54 Å². The summed E-state index contributed by atoms with van der Waals surface area (Å²) in [6.45, 7) is 3.79. The Morgan fingerprint density at radius 3 is 2.35 bits per heavy atom. The van der Waals surface area contributed by atoms with Crippen LogP contribution in [0.1, 0.15) is 25.6 Å². The number of ether oxygens (including phenoxy) is 1. The van der Waals surface area contributed by atoms with Gasteiger partial charge in [-0.25, -0.2) is 0 Å². The van der Waals surface area contributed by atoms with Crippen LogP contribution < -0.4 is 10.5 Å². The van der Waals surface area contributed by atoms with Gasteiger partial charge in [-0.2, -0.15) is 4.98 Å². The lowest BCUT2D eigenvalue weighted by Gasteiger charge is -2.11. The Morgan fingerprint density at radius 2 is 1.85 bits per heavy atom. The molecule has 0 aliphatic carbocycles. The lowest BCUT2D eigenvalue weighted by molar-refractivity contribution is 0.239. The molecule has 0 saturated carbocycles. The van der Waals surface area contributed by atoms with E-state index in [0.717, 1.165) is 13.4 Å². The SMILES string of the molecule is CC(C)(N)c1noc(COc2c(Br)cc(Br)cc2Br)n1. The highest BCUT2D eigenvalue weighted by Crippen LogP contribution is 2.36. The summed E-state index contributed by atoms with van der Waals surface area (Å²) < 4.78 is 13.4. The topological polar surface area (TPSA) is 74.2 Å². The van der Waals surface area contributed by atoms with Gasteiger partial charge in [0, 0.05) is 4.47 Å². The van der Waals surface area contributed by atoms with Crippen molar-refractivity contribution in [2.24, 2.45) is 5.73 Å². The van der Waals surface area contributed by atoms with E-state index in [-0.39, 0.29) is 6.61 Å². The number of benzene rings is 1. The molecule has 0 atom stereocenters. The second-order valence-electron chi connectivity index (χ2n) is 4.72. The second kappa shape index (κ2) is 6.13. The predicted molar refractivity (Wildman–Crippen MR) is 85.4 cm³/mol. The minimum absolute atomic E-state index is 0.169. The molecule has 0 radical (unpaired) electrons. The van der Waals surface area contributed by atoms with Crippen molar-refractivity contribution in [3.63, 3.8) is 0 Å². The van der Waals surface area contributed by atoms with Crippen molar-refractivity contribution in [3.8, 4) is 5.75 Å². The zero-order valence-electron chi connectivity index (χ0n) is 10.8. The van der Waals surface area contributed by atoms with E-state index in [2.05, 4.69) is 57.9 Å². The van der Waals surface area contributed by atoms with Crippen LogP contribution in [-0.2, 0) is 12.1 Å². The van der Waals surface area contributed by atoms with E-state index in [1.807, 2.05) is 26.0 Å². The van der Waals surface area contributed by atoms with Crippen molar-refractivity contribution in [3.05, 3.63) is 37.3 Å². The van der Waals surface area contributed by atoms with Gasteiger partial charge in [-0.05, 0) is 57.8 Å². The van der Waals surface area contributed by atoms with Gasteiger partial charge in [0.1, 0.15) is 5.75 Å². The predicted octanol–water partition coefficient (Wildman–Crippen LogP) is 4.13. The third kappa shape index (κ3) is 3.81. The third-order valence-corrected chi connectivity index (χ3v) is 3.98. The Balaban J connectivity index is 2.12. The van der Waals surface area contributed by atoms with Crippen molar-refractivity contribution in [2.75, 3.05) is 0 Å². The van der Waals surface area contributed by atoms with Gasteiger partial charge in [-0.15, -0.1) is 0 Å². The molecule has 20 heavy (non-hydrogen) atoms. The normalized spacial score (nSPS) is 11.7. The second-order valence-corrected chi connectivity index (χ2v) is 7.34. The highest BCUT2D eigenvalue weighted by Gasteiger charge is 2.21. The van der Waals surface area contributed by atoms with Crippen molar-refractivity contribution < 1.29 is 9.26 Å². The molecule has 0 aliphatic heterocycles. The fourth-order valence-electron chi connectivity index (χ4n) is 1.38. The minimum Gasteiger partial charge on any atom is -0.481 e. The zero-order valence-corrected chi connectivity index (χ0v) is 15.5. The molecule has 1 heterocycles. The van der Waals surface area contributed by atoms with E-state index in [9.17, 15) is 0 Å². The maximum absolute atomic E-state index is 5.90. The van der Waals surface area contributed by atoms with Gasteiger partial charge in [0.05, 0.1) is 14.5 Å². The number of hydrogen-bond acceptors (Lipinski definition) is 5. The molecule has 0 unspecified atom stereocenters. The highest BCUT2D eigenvalue weighted by atomic mass is 79.9. The molecule has 2 N–H and O–H groups in total. The molecule has 0 aliphatic rings. The van der Waals surface area contributed by atoms with Gasteiger partial charge in [0.25, 0.3) is 5.89 Å². The molecule has 0 amide bonds. The quantitative estimate of drug-likeness (QED) is 0.728. The largest absolute Gasteiger partial charge is 0.481 e. The Labute approximate surface area is 141 Å². The van der Waals surface area contributed by atoms with Crippen LogP contribution in [0.3, 0.4) is 0 Å². The van der Waals surface area contributed by atoms with Crippen molar-refractivity contribution >= 4 is 47.8 Å². The molecule has 8 heteroatoms. The molecule has 0 fully saturated rings. The van der Waals surface area contributed by atoms with Gasteiger partial charge >= 0.3 is 0 Å². The average molecular weight is 470 g/mol. The Kier molecular flexibility index (Phi) is 4.88. The van der Waals surface area contributed by atoms with E-state index in [1.54, 1.807) is 0 Å². The summed E-state index contributed by atoms with van der Waals surface area (Å²) in [6.07, 6.45) is 0. The highest BCUT2D eigenvalue weighted by molar-refractivity contribution is 9.11. The molecule has 0 saturated heterocycles. The first kappa shape index (κ1) is 15.9. The summed E-state index contributed by atoms with van der Waals surface area (Å²) >= 11 is 10.3. The summed E-state index contributed by atoms with van der Waals surface area (Å²) in [7, 11) is 0. The lowest BCUT2D eigenvalue weighted by Crippen LogP contribution is -2.30. The number of halogens is 3. The molecule has 2 aromatic rings. The van der Waals surface area contributed by atoms with Crippen LogP contribution >= 0.6 is 47.8 Å². The number of rotatable bonds is 4. The Hall–Kier alpha value is -0.440. The molecule has 2 rings (SSSR count). The number of nitrogens with two attached hydrogens (primary N) is 1. The smallest absolute Gasteiger partial charge is 0.264 e. The lowest BCUT2D eigenvalue weighted by atomic mass is 10.1. The first-order valence-corrected chi connectivity index (χ1v) is 8.04. The molecule has 5 nitrogen and oxygen atoms in total. The summed E-state index contributed by atoms with van der Waals surface area (Å²) in [5.41, 5.74) is 5.26. The summed E-state index contributed by atoms with van der Waals surface area (Å²) in [4.78, 5) is 4.21. The summed E-state index contributed by atoms with van der Waals surface area (Å²) in [6, 6.07) is 3.78. The first-order chi connectivity index (χ1) is 9.27. The van der Waals surface area contributed by atoms with Crippen LogP contribution in [0.25, 0.3) is 0 Å². The van der Waals surface area contributed by atoms with Crippen LogP contribution in [-0.4, -0.2) is 10.1 Å². The number of nitrogens with zero attached hydrogens (tertiary/aromatic N) is 2. The fourth-order valence-corrected chi connectivity index (χ4v) is 3.86. The van der Waals surface area contributed by atoms with Gasteiger partial charge in [0.2, 0.25) is 0 Å². The van der Waals surface area contributed by atoms with Gasteiger partial charge in [-0.1, -0.05) is 21.1 Å². The van der Waals surface area contributed by atoms with Crippen molar-refractivity contribution in [1.82, 2.24) is 10.1 Å². The minimum atomic E-state index is -0.638. The van der Waals surface area contributed by atoms with E-state index in [1.165, 1.54) is 0 Å².